The lowest BCUT2D eigenvalue weighted by Crippen LogP contribution is -2.35. The summed E-state index contributed by atoms with van der Waals surface area (Å²) in [5.41, 5.74) is 9.97. The Morgan fingerprint density at radius 3 is 2.30 bits per heavy atom. The maximum atomic E-state index is 12.3. The molecule has 176 valence electrons. The summed E-state index contributed by atoms with van der Waals surface area (Å²) in [5, 5.41) is 14.7. The smallest absolute Gasteiger partial charge is 0.319 e. The van der Waals surface area contributed by atoms with Crippen molar-refractivity contribution in [2.75, 3.05) is 13.7 Å². The predicted molar refractivity (Wildman–Crippen MR) is 131 cm³/mol. The highest BCUT2D eigenvalue weighted by Gasteiger charge is 2.17. The number of ether oxygens (including phenoxy) is 1. The van der Waals surface area contributed by atoms with Crippen LogP contribution in [0.2, 0.25) is 0 Å². The fourth-order valence-electron chi connectivity index (χ4n) is 4.34. The van der Waals surface area contributed by atoms with E-state index in [2.05, 4.69) is 62.3 Å². The Balaban J connectivity index is 1.54. The van der Waals surface area contributed by atoms with Gasteiger partial charge in [-0.1, -0.05) is 18.2 Å². The van der Waals surface area contributed by atoms with Crippen LogP contribution < -0.4 is 20.3 Å². The van der Waals surface area contributed by atoms with Crippen LogP contribution in [-0.4, -0.2) is 24.9 Å². The van der Waals surface area contributed by atoms with Crippen LogP contribution in [0.3, 0.4) is 0 Å². The molecule has 6 heteroatoms. The molecule has 3 N–H and O–H groups in total. The minimum Gasteiger partial charge on any atom is -0.493 e. The predicted octanol–water partition coefficient (Wildman–Crippen LogP) is 5.24. The molecule has 0 heterocycles. The van der Waals surface area contributed by atoms with Crippen molar-refractivity contribution in [3.63, 3.8) is 0 Å². The third-order valence-electron chi connectivity index (χ3n) is 6.80. The zero-order valence-electron chi connectivity index (χ0n) is 20.3. The number of methoxy groups -OCH3 is 1. The molecule has 1 aliphatic rings. The van der Waals surface area contributed by atoms with Crippen LogP contribution in [0.15, 0.2) is 42.1 Å². The number of rotatable bonds is 8. The van der Waals surface area contributed by atoms with Crippen LogP contribution in [0.25, 0.3) is 0 Å². The molecule has 0 saturated carbocycles. The van der Waals surface area contributed by atoms with Crippen LogP contribution in [0.1, 0.15) is 38.9 Å². The molecule has 0 radical (unpaired) electrons. The molecular formula is C27H34N2O4. The quantitative estimate of drug-likeness (QED) is 0.379. The lowest BCUT2D eigenvalue weighted by Gasteiger charge is -2.20. The largest absolute Gasteiger partial charge is 0.493 e. The Hall–Kier alpha value is -3.25. The van der Waals surface area contributed by atoms with E-state index in [1.807, 2.05) is 12.1 Å². The topological polar surface area (TPSA) is 79.8 Å². The highest BCUT2D eigenvalue weighted by atomic mass is 17.1. The first kappa shape index (κ1) is 24.4. The van der Waals surface area contributed by atoms with Gasteiger partial charge in [0.15, 0.2) is 5.75 Å². The Morgan fingerprint density at radius 2 is 1.67 bits per heavy atom. The molecule has 1 unspecified atom stereocenters. The van der Waals surface area contributed by atoms with E-state index in [-0.39, 0.29) is 17.7 Å². The van der Waals surface area contributed by atoms with Crippen LogP contribution >= 0.6 is 0 Å². The minimum absolute atomic E-state index is 0.243. The van der Waals surface area contributed by atoms with Crippen molar-refractivity contribution in [3.8, 4) is 11.5 Å². The first-order valence-corrected chi connectivity index (χ1v) is 11.2. The second-order valence-corrected chi connectivity index (χ2v) is 8.66. The van der Waals surface area contributed by atoms with Crippen LogP contribution in [0, 0.1) is 40.5 Å². The fourth-order valence-corrected chi connectivity index (χ4v) is 4.34. The monoisotopic (exact) mass is 450 g/mol. The second-order valence-electron chi connectivity index (χ2n) is 8.66. The highest BCUT2D eigenvalue weighted by Crippen LogP contribution is 2.30. The van der Waals surface area contributed by atoms with Crippen molar-refractivity contribution in [1.82, 2.24) is 10.6 Å². The Labute approximate surface area is 196 Å². The summed E-state index contributed by atoms with van der Waals surface area (Å²) in [7, 11) is 1.51. The zero-order valence-corrected chi connectivity index (χ0v) is 20.3. The molecule has 1 atom stereocenters. The van der Waals surface area contributed by atoms with Gasteiger partial charge in [-0.15, -0.1) is 0 Å². The molecule has 0 fully saturated rings. The number of allylic oxidation sites excluding steroid dienone is 3. The number of nitrogens with one attached hydrogen (secondary N) is 2. The first-order valence-electron chi connectivity index (χ1n) is 11.2. The number of benzene rings is 2. The van der Waals surface area contributed by atoms with Gasteiger partial charge in [-0.25, -0.2) is 10.1 Å². The minimum atomic E-state index is -0.243. The fraction of sp³-hybridized carbons (Fsp3) is 0.370. The van der Waals surface area contributed by atoms with Crippen molar-refractivity contribution in [1.29, 1.82) is 0 Å². The van der Waals surface area contributed by atoms with E-state index in [4.69, 9.17) is 9.99 Å². The Kier molecular flexibility index (Phi) is 7.82. The molecule has 0 aliphatic heterocycles. The van der Waals surface area contributed by atoms with Crippen molar-refractivity contribution in [2.45, 2.75) is 47.5 Å². The van der Waals surface area contributed by atoms with Gasteiger partial charge in [0.1, 0.15) is 0 Å². The lowest BCUT2D eigenvalue weighted by molar-refractivity contribution is -0.139. The SMILES string of the molecule is COc1ccc(CCNC(=O)NC2=CC(Cc3c(C)c(C)c(C)c(C)c3C)C=C2)cc1OO. The molecular weight excluding hydrogens is 416 g/mol. The summed E-state index contributed by atoms with van der Waals surface area (Å²) in [5.74, 6) is 0.953. The molecule has 2 aromatic carbocycles. The van der Waals surface area contributed by atoms with E-state index in [1.165, 1.54) is 40.5 Å². The molecule has 2 aromatic rings. The van der Waals surface area contributed by atoms with Gasteiger partial charge in [0.05, 0.1) is 7.11 Å². The summed E-state index contributed by atoms with van der Waals surface area (Å²) >= 11 is 0. The van der Waals surface area contributed by atoms with Gasteiger partial charge in [0.25, 0.3) is 0 Å². The van der Waals surface area contributed by atoms with E-state index in [1.54, 1.807) is 12.1 Å². The molecule has 0 saturated heterocycles. The van der Waals surface area contributed by atoms with Crippen molar-refractivity contribution >= 4 is 6.03 Å². The first-order chi connectivity index (χ1) is 15.7. The lowest BCUT2D eigenvalue weighted by atomic mass is 9.85. The third-order valence-corrected chi connectivity index (χ3v) is 6.80. The molecule has 0 aromatic heterocycles. The van der Waals surface area contributed by atoms with Crippen molar-refractivity contribution in [3.05, 3.63) is 81.1 Å². The van der Waals surface area contributed by atoms with E-state index in [0.29, 0.717) is 18.7 Å². The molecule has 0 spiro atoms. The van der Waals surface area contributed by atoms with Gasteiger partial charge in [-0.3, -0.25) is 0 Å². The number of amides is 2. The summed E-state index contributed by atoms with van der Waals surface area (Å²) in [6.45, 7) is 11.4. The van der Waals surface area contributed by atoms with Crippen molar-refractivity contribution < 1.29 is 19.7 Å². The maximum Gasteiger partial charge on any atom is 0.319 e. The average molecular weight is 451 g/mol. The van der Waals surface area contributed by atoms with Gasteiger partial charge >= 0.3 is 6.03 Å². The summed E-state index contributed by atoms with van der Waals surface area (Å²) in [4.78, 5) is 16.7. The van der Waals surface area contributed by atoms with Gasteiger partial charge in [-0.2, -0.15) is 0 Å². The summed E-state index contributed by atoms with van der Waals surface area (Å²) in [6.07, 6.45) is 7.74. The molecule has 2 amide bonds. The van der Waals surface area contributed by atoms with E-state index in [0.717, 1.165) is 17.7 Å². The number of hydrogen-bond donors (Lipinski definition) is 3. The summed E-state index contributed by atoms with van der Waals surface area (Å²) in [6, 6.07) is 5.03. The molecule has 33 heavy (non-hydrogen) atoms. The molecule has 3 rings (SSSR count). The second kappa shape index (κ2) is 10.6. The molecule has 6 nitrogen and oxygen atoms in total. The molecule has 0 bridgehead atoms. The number of hydrogen-bond acceptors (Lipinski definition) is 4. The average Bonchev–Trinajstić information content (AvgIpc) is 3.25. The van der Waals surface area contributed by atoms with E-state index < -0.39 is 0 Å². The Bertz CT molecular complexity index is 1070. The standard InChI is InChI=1S/C27H34N2O4/c1-16-17(2)19(4)24(20(5)18(16)3)14-22-7-9-23(13-22)29-27(30)28-12-11-21-8-10-25(32-6)26(15-21)33-31/h7-10,13,15,22,31H,11-12,14H2,1-6H3,(H2,28,29,30). The van der Waals surface area contributed by atoms with Crippen LogP contribution in [0.4, 0.5) is 4.79 Å². The normalized spacial score (nSPS) is 14.8. The van der Waals surface area contributed by atoms with E-state index >= 15 is 0 Å². The number of carbonyl (C=O) groups excluding carboxylic acids is 1. The van der Waals surface area contributed by atoms with Crippen LogP contribution in [0.5, 0.6) is 11.5 Å². The molecule has 1 aliphatic carbocycles. The third kappa shape index (κ3) is 5.57. The summed E-state index contributed by atoms with van der Waals surface area (Å²) < 4.78 is 5.11. The van der Waals surface area contributed by atoms with Crippen molar-refractivity contribution in [2.24, 2.45) is 5.92 Å². The van der Waals surface area contributed by atoms with Gasteiger partial charge < -0.3 is 20.3 Å². The number of carbonyl (C=O) groups is 1. The van der Waals surface area contributed by atoms with E-state index in [9.17, 15) is 4.79 Å². The highest BCUT2D eigenvalue weighted by molar-refractivity contribution is 5.76. The Morgan fingerprint density at radius 1 is 1.00 bits per heavy atom. The van der Waals surface area contributed by atoms with Gasteiger partial charge in [0, 0.05) is 18.2 Å². The maximum absolute atomic E-state index is 12.3. The number of urea groups is 1. The zero-order chi connectivity index (χ0) is 24.1. The van der Waals surface area contributed by atoms with Gasteiger partial charge in [-0.05, 0) is 105 Å². The van der Waals surface area contributed by atoms with Gasteiger partial charge in [0.2, 0.25) is 5.75 Å². The van der Waals surface area contributed by atoms with Crippen LogP contribution in [-0.2, 0) is 12.8 Å².